The summed E-state index contributed by atoms with van der Waals surface area (Å²) in [6.45, 7) is 0. The van der Waals surface area contributed by atoms with E-state index in [4.69, 9.17) is 0 Å². The fourth-order valence-corrected chi connectivity index (χ4v) is 3.16. The van der Waals surface area contributed by atoms with Gasteiger partial charge in [-0.05, 0) is 36.8 Å². The number of nitrogens with one attached hydrogen (secondary N) is 1. The van der Waals surface area contributed by atoms with Crippen LogP contribution >= 0.6 is 0 Å². The monoisotopic (exact) mass is 350 g/mol. The molecule has 4 rings (SSSR count). The maximum atomic E-state index is 12.8. The number of fused-ring (bicyclic) bond motifs is 1. The Morgan fingerprint density at radius 1 is 1.04 bits per heavy atom. The number of imide groups is 2. The standard InChI is InChI=1S/C18H14N4O4/c23-15-6-5-14(16(24)20-15)22-17(25)12-4-3-11(9-13(12)18(22)26)21-8-2-1-7-19-10-21/h1-4,7-10,14H,5-6H2,(H,20,23,24). The molecular formula is C18H14N4O4. The van der Waals surface area contributed by atoms with Gasteiger partial charge in [-0.1, -0.05) is 0 Å². The number of carbonyl (C=O) groups is 4. The molecule has 0 bridgehead atoms. The number of piperidine rings is 1. The molecule has 0 aliphatic carbocycles. The van der Waals surface area contributed by atoms with E-state index in [-0.39, 0.29) is 24.0 Å². The van der Waals surface area contributed by atoms with Crippen molar-refractivity contribution in [2.75, 3.05) is 4.90 Å². The Kier molecular flexibility index (Phi) is 3.72. The van der Waals surface area contributed by atoms with Crippen molar-refractivity contribution in [1.29, 1.82) is 0 Å². The molecule has 0 radical (unpaired) electrons. The number of nitrogens with zero attached hydrogens (tertiary/aromatic N) is 3. The van der Waals surface area contributed by atoms with Crippen molar-refractivity contribution in [3.8, 4) is 0 Å². The Morgan fingerprint density at radius 2 is 1.85 bits per heavy atom. The van der Waals surface area contributed by atoms with Crippen LogP contribution in [-0.4, -0.2) is 40.9 Å². The number of hydrogen-bond donors (Lipinski definition) is 1. The van der Waals surface area contributed by atoms with Gasteiger partial charge in [-0.3, -0.25) is 29.4 Å². The Hall–Kier alpha value is -3.55. The summed E-state index contributed by atoms with van der Waals surface area (Å²) in [6, 6.07) is 3.91. The number of aliphatic imine (C=N–C) groups is 1. The van der Waals surface area contributed by atoms with Crippen molar-refractivity contribution in [1.82, 2.24) is 10.2 Å². The first-order valence-electron chi connectivity index (χ1n) is 8.07. The van der Waals surface area contributed by atoms with Crippen LogP contribution in [0.3, 0.4) is 0 Å². The van der Waals surface area contributed by atoms with Crippen LogP contribution in [0.5, 0.6) is 0 Å². The quantitative estimate of drug-likeness (QED) is 0.801. The van der Waals surface area contributed by atoms with Crippen LogP contribution < -0.4 is 10.2 Å². The minimum absolute atomic E-state index is 0.0943. The summed E-state index contributed by atoms with van der Waals surface area (Å²) in [7, 11) is 0. The van der Waals surface area contributed by atoms with Gasteiger partial charge in [0.25, 0.3) is 11.8 Å². The molecule has 3 aliphatic rings. The van der Waals surface area contributed by atoms with E-state index in [9.17, 15) is 19.2 Å². The van der Waals surface area contributed by atoms with E-state index >= 15 is 0 Å². The van der Waals surface area contributed by atoms with Crippen molar-refractivity contribution in [3.05, 3.63) is 53.9 Å². The smallest absolute Gasteiger partial charge is 0.262 e. The molecule has 1 aromatic rings. The number of amides is 4. The zero-order chi connectivity index (χ0) is 18.3. The Labute approximate surface area is 148 Å². The summed E-state index contributed by atoms with van der Waals surface area (Å²) >= 11 is 0. The molecule has 3 aliphatic heterocycles. The van der Waals surface area contributed by atoms with Gasteiger partial charge in [-0.2, -0.15) is 0 Å². The Balaban J connectivity index is 1.66. The number of carbonyl (C=O) groups excluding carboxylic acids is 4. The van der Waals surface area contributed by atoms with Gasteiger partial charge in [0.1, 0.15) is 6.04 Å². The molecule has 1 aromatic carbocycles. The van der Waals surface area contributed by atoms with Crippen LogP contribution in [0.4, 0.5) is 5.69 Å². The SMILES string of the molecule is O=C1CCC(N2C(=O)c3ccc(N4C=CC=CN=C4)cc3C2=O)C(=O)N1. The number of rotatable bonds is 2. The summed E-state index contributed by atoms with van der Waals surface area (Å²) < 4.78 is 0. The fraction of sp³-hybridized carbons (Fsp3) is 0.167. The molecule has 130 valence electrons. The molecule has 8 heteroatoms. The van der Waals surface area contributed by atoms with E-state index in [2.05, 4.69) is 10.3 Å². The molecular weight excluding hydrogens is 336 g/mol. The molecule has 1 unspecified atom stereocenters. The molecule has 0 aromatic heterocycles. The predicted octanol–water partition coefficient (Wildman–Crippen LogP) is 0.964. The third kappa shape index (κ3) is 2.52. The average molecular weight is 350 g/mol. The Morgan fingerprint density at radius 3 is 2.65 bits per heavy atom. The molecule has 0 spiro atoms. The summed E-state index contributed by atoms with van der Waals surface area (Å²) in [5.74, 6) is -2.07. The topological polar surface area (TPSA) is 99.2 Å². The second-order valence-corrected chi connectivity index (χ2v) is 6.03. The van der Waals surface area contributed by atoms with E-state index in [0.29, 0.717) is 5.69 Å². The van der Waals surface area contributed by atoms with Crippen LogP contribution in [0, 0.1) is 0 Å². The van der Waals surface area contributed by atoms with E-state index in [1.54, 1.807) is 54.0 Å². The summed E-state index contributed by atoms with van der Waals surface area (Å²) in [4.78, 5) is 55.6. The molecule has 1 fully saturated rings. The van der Waals surface area contributed by atoms with E-state index < -0.39 is 29.7 Å². The van der Waals surface area contributed by atoms with Crippen molar-refractivity contribution in [3.63, 3.8) is 0 Å². The van der Waals surface area contributed by atoms with Gasteiger partial charge in [0, 0.05) is 24.5 Å². The number of benzene rings is 1. The van der Waals surface area contributed by atoms with Gasteiger partial charge in [-0.15, -0.1) is 0 Å². The minimum atomic E-state index is -0.965. The van der Waals surface area contributed by atoms with Crippen molar-refractivity contribution in [2.24, 2.45) is 4.99 Å². The molecule has 1 atom stereocenters. The van der Waals surface area contributed by atoms with Gasteiger partial charge >= 0.3 is 0 Å². The largest absolute Gasteiger partial charge is 0.308 e. The number of anilines is 1. The summed E-state index contributed by atoms with van der Waals surface area (Å²) in [5, 5.41) is 2.18. The normalized spacial score (nSPS) is 21.9. The molecule has 1 N–H and O–H groups in total. The maximum Gasteiger partial charge on any atom is 0.262 e. The van der Waals surface area contributed by atoms with E-state index in [1.807, 2.05) is 0 Å². The zero-order valence-electron chi connectivity index (χ0n) is 13.6. The van der Waals surface area contributed by atoms with Crippen molar-refractivity contribution < 1.29 is 19.2 Å². The number of hydrogen-bond acceptors (Lipinski definition) is 6. The van der Waals surface area contributed by atoms with Crippen molar-refractivity contribution in [2.45, 2.75) is 18.9 Å². The summed E-state index contributed by atoms with van der Waals surface area (Å²) in [6.07, 6.45) is 8.78. The van der Waals surface area contributed by atoms with Gasteiger partial charge in [-0.25, -0.2) is 4.99 Å². The van der Waals surface area contributed by atoms with Crippen molar-refractivity contribution >= 4 is 35.7 Å². The highest BCUT2D eigenvalue weighted by molar-refractivity contribution is 6.23. The first-order chi connectivity index (χ1) is 12.6. The molecule has 1 saturated heterocycles. The minimum Gasteiger partial charge on any atom is -0.308 e. The van der Waals surface area contributed by atoms with E-state index in [1.165, 1.54) is 0 Å². The zero-order valence-corrected chi connectivity index (χ0v) is 13.6. The highest BCUT2D eigenvalue weighted by Gasteiger charge is 2.44. The highest BCUT2D eigenvalue weighted by atomic mass is 16.2. The molecule has 4 amide bonds. The molecule has 26 heavy (non-hydrogen) atoms. The molecule has 8 nitrogen and oxygen atoms in total. The number of allylic oxidation sites excluding steroid dienone is 2. The van der Waals surface area contributed by atoms with Crippen LogP contribution in [0.1, 0.15) is 33.6 Å². The van der Waals surface area contributed by atoms with E-state index in [0.717, 1.165) is 4.90 Å². The summed E-state index contributed by atoms with van der Waals surface area (Å²) in [5.41, 5.74) is 1.15. The molecule has 0 saturated carbocycles. The van der Waals surface area contributed by atoms with Crippen LogP contribution in [-0.2, 0) is 9.59 Å². The first-order valence-corrected chi connectivity index (χ1v) is 8.07. The molecule has 3 heterocycles. The average Bonchev–Trinajstić information content (AvgIpc) is 2.82. The second-order valence-electron chi connectivity index (χ2n) is 6.03. The van der Waals surface area contributed by atoms with Crippen LogP contribution in [0.15, 0.2) is 47.7 Å². The van der Waals surface area contributed by atoms with Gasteiger partial charge < -0.3 is 4.90 Å². The lowest BCUT2D eigenvalue weighted by atomic mass is 10.0. The van der Waals surface area contributed by atoms with Crippen LogP contribution in [0.25, 0.3) is 0 Å². The van der Waals surface area contributed by atoms with Gasteiger partial charge in [0.2, 0.25) is 11.8 Å². The lowest BCUT2D eigenvalue weighted by Crippen LogP contribution is -2.54. The van der Waals surface area contributed by atoms with Crippen LogP contribution in [0.2, 0.25) is 0 Å². The second kappa shape index (κ2) is 6.07. The fourth-order valence-electron chi connectivity index (χ4n) is 3.16. The lowest BCUT2D eigenvalue weighted by Gasteiger charge is -2.27. The lowest BCUT2D eigenvalue weighted by molar-refractivity contribution is -0.136. The van der Waals surface area contributed by atoms with Gasteiger partial charge in [0.15, 0.2) is 0 Å². The Bertz CT molecular complexity index is 915. The third-order valence-electron chi connectivity index (χ3n) is 4.44. The first kappa shape index (κ1) is 15.9. The predicted molar refractivity (Wildman–Crippen MR) is 92.4 cm³/mol. The van der Waals surface area contributed by atoms with Gasteiger partial charge in [0.05, 0.1) is 17.5 Å². The third-order valence-corrected chi connectivity index (χ3v) is 4.44. The maximum absolute atomic E-state index is 12.8. The highest BCUT2D eigenvalue weighted by Crippen LogP contribution is 2.30.